The third-order valence-electron chi connectivity index (χ3n) is 4.77. The first-order valence-electron chi connectivity index (χ1n) is 8.96. The average molecular weight is 386 g/mol. The first-order chi connectivity index (χ1) is 13.0. The summed E-state index contributed by atoms with van der Waals surface area (Å²) in [5, 5.41) is 15.9. The van der Waals surface area contributed by atoms with Gasteiger partial charge in [0, 0.05) is 30.8 Å². The Morgan fingerprint density at radius 1 is 1.11 bits per heavy atom. The minimum absolute atomic E-state index is 0.0592. The SMILES string of the molecule is O=C(CCc1ccsc1)Nc1ccc(C(=O)N2CCC(C(=O)O)CC2)cc1. The number of carbonyl (C=O) groups is 3. The number of piperidine rings is 1. The highest BCUT2D eigenvalue weighted by molar-refractivity contribution is 7.07. The molecule has 142 valence electrons. The molecule has 2 aromatic rings. The van der Waals surface area contributed by atoms with Crippen LogP contribution in [0.4, 0.5) is 5.69 Å². The van der Waals surface area contributed by atoms with Crippen LogP contribution in [0.5, 0.6) is 0 Å². The molecule has 3 rings (SSSR count). The molecule has 0 radical (unpaired) electrons. The number of nitrogens with one attached hydrogen (secondary N) is 1. The van der Waals surface area contributed by atoms with Crippen molar-refractivity contribution < 1.29 is 19.5 Å². The van der Waals surface area contributed by atoms with Gasteiger partial charge in [-0.25, -0.2) is 0 Å². The number of likely N-dealkylation sites (tertiary alicyclic amines) is 1. The molecule has 2 amide bonds. The van der Waals surface area contributed by atoms with Crippen LogP contribution < -0.4 is 5.32 Å². The van der Waals surface area contributed by atoms with E-state index < -0.39 is 5.97 Å². The quantitative estimate of drug-likeness (QED) is 0.798. The molecule has 6 nitrogen and oxygen atoms in total. The minimum Gasteiger partial charge on any atom is -0.481 e. The van der Waals surface area contributed by atoms with Crippen molar-refractivity contribution in [1.82, 2.24) is 4.90 Å². The van der Waals surface area contributed by atoms with E-state index in [1.165, 1.54) is 0 Å². The molecule has 0 unspecified atom stereocenters. The number of amides is 2. The van der Waals surface area contributed by atoms with Gasteiger partial charge in [0.25, 0.3) is 5.91 Å². The molecular formula is C20H22N2O4S. The molecule has 7 heteroatoms. The molecule has 1 aliphatic heterocycles. The number of thiophene rings is 1. The summed E-state index contributed by atoms with van der Waals surface area (Å²) in [5.41, 5.74) is 2.36. The van der Waals surface area contributed by atoms with Crippen LogP contribution in [0.15, 0.2) is 41.1 Å². The van der Waals surface area contributed by atoms with Crippen LogP contribution in [0.25, 0.3) is 0 Å². The predicted molar refractivity (Wildman–Crippen MR) is 104 cm³/mol. The molecule has 0 saturated carbocycles. The Morgan fingerprint density at radius 3 is 2.41 bits per heavy atom. The second-order valence-corrected chi connectivity index (χ2v) is 7.44. The van der Waals surface area contributed by atoms with E-state index in [9.17, 15) is 14.4 Å². The standard InChI is InChI=1S/C20H22N2O4S/c23-18(6-1-14-9-12-27-13-14)21-17-4-2-15(3-5-17)19(24)22-10-7-16(8-11-22)20(25)26/h2-5,9,12-13,16H,1,6-8,10-11H2,(H,21,23)(H,25,26). The van der Waals surface area contributed by atoms with Crippen molar-refractivity contribution in [3.8, 4) is 0 Å². The molecule has 0 aliphatic carbocycles. The first kappa shape index (κ1) is 19.1. The van der Waals surface area contributed by atoms with Gasteiger partial charge in [-0.15, -0.1) is 0 Å². The van der Waals surface area contributed by atoms with E-state index in [2.05, 4.69) is 5.32 Å². The van der Waals surface area contributed by atoms with Crippen molar-refractivity contribution in [2.75, 3.05) is 18.4 Å². The molecule has 1 aliphatic rings. The Morgan fingerprint density at radius 2 is 1.81 bits per heavy atom. The van der Waals surface area contributed by atoms with Gasteiger partial charge in [-0.1, -0.05) is 0 Å². The van der Waals surface area contributed by atoms with E-state index in [1.54, 1.807) is 40.5 Å². The molecule has 0 bridgehead atoms. The van der Waals surface area contributed by atoms with E-state index in [0.29, 0.717) is 50.0 Å². The summed E-state index contributed by atoms with van der Waals surface area (Å²) in [6, 6.07) is 8.84. The fourth-order valence-electron chi connectivity index (χ4n) is 3.12. The third kappa shape index (κ3) is 5.17. The second-order valence-electron chi connectivity index (χ2n) is 6.66. The molecule has 0 atom stereocenters. The Labute approximate surface area is 161 Å². The molecule has 1 aromatic carbocycles. The number of carboxylic acid groups (broad SMARTS) is 1. The van der Waals surface area contributed by atoms with E-state index in [4.69, 9.17) is 5.11 Å². The molecule has 1 saturated heterocycles. The van der Waals surface area contributed by atoms with E-state index in [-0.39, 0.29) is 17.7 Å². The Hall–Kier alpha value is -2.67. The summed E-state index contributed by atoms with van der Waals surface area (Å²) in [4.78, 5) is 37.3. The van der Waals surface area contributed by atoms with Gasteiger partial charge in [-0.2, -0.15) is 11.3 Å². The summed E-state index contributed by atoms with van der Waals surface area (Å²) >= 11 is 1.62. The zero-order valence-corrected chi connectivity index (χ0v) is 15.7. The lowest BCUT2D eigenvalue weighted by molar-refractivity contribution is -0.143. The van der Waals surface area contributed by atoms with Gasteiger partial charge in [-0.3, -0.25) is 14.4 Å². The van der Waals surface area contributed by atoms with Crippen LogP contribution >= 0.6 is 11.3 Å². The largest absolute Gasteiger partial charge is 0.481 e. The van der Waals surface area contributed by atoms with E-state index >= 15 is 0 Å². The van der Waals surface area contributed by atoms with Crippen LogP contribution in [0, 0.1) is 5.92 Å². The van der Waals surface area contributed by atoms with Gasteiger partial charge < -0.3 is 15.3 Å². The van der Waals surface area contributed by atoms with Crippen molar-refractivity contribution in [1.29, 1.82) is 0 Å². The number of aliphatic carboxylic acids is 1. The number of hydrogen-bond donors (Lipinski definition) is 2. The fraction of sp³-hybridized carbons (Fsp3) is 0.350. The molecule has 2 heterocycles. The highest BCUT2D eigenvalue weighted by atomic mass is 32.1. The van der Waals surface area contributed by atoms with Crippen molar-refractivity contribution in [3.05, 3.63) is 52.2 Å². The number of carboxylic acids is 1. The number of rotatable bonds is 6. The Balaban J connectivity index is 1.50. The summed E-state index contributed by atoms with van der Waals surface area (Å²) in [7, 11) is 0. The van der Waals surface area contributed by atoms with Gasteiger partial charge in [-0.05, 0) is 65.9 Å². The highest BCUT2D eigenvalue weighted by Crippen LogP contribution is 2.20. The van der Waals surface area contributed by atoms with Crippen molar-refractivity contribution in [2.45, 2.75) is 25.7 Å². The van der Waals surface area contributed by atoms with Crippen LogP contribution in [0.1, 0.15) is 35.2 Å². The maximum Gasteiger partial charge on any atom is 0.306 e. The lowest BCUT2D eigenvalue weighted by atomic mass is 9.96. The fourth-order valence-corrected chi connectivity index (χ4v) is 3.83. The number of aryl methyl sites for hydroxylation is 1. The van der Waals surface area contributed by atoms with Crippen molar-refractivity contribution in [2.24, 2.45) is 5.92 Å². The van der Waals surface area contributed by atoms with Crippen molar-refractivity contribution >= 4 is 34.8 Å². The van der Waals surface area contributed by atoms with Gasteiger partial charge in [0.1, 0.15) is 0 Å². The smallest absolute Gasteiger partial charge is 0.306 e. The highest BCUT2D eigenvalue weighted by Gasteiger charge is 2.27. The zero-order chi connectivity index (χ0) is 19.2. The average Bonchev–Trinajstić information content (AvgIpc) is 3.20. The number of anilines is 1. The summed E-state index contributed by atoms with van der Waals surface area (Å²) in [6.07, 6.45) is 2.09. The van der Waals surface area contributed by atoms with Crippen LogP contribution in [0.3, 0.4) is 0 Å². The molecular weight excluding hydrogens is 364 g/mol. The molecule has 27 heavy (non-hydrogen) atoms. The van der Waals surface area contributed by atoms with Gasteiger partial charge in [0.05, 0.1) is 5.92 Å². The lowest BCUT2D eigenvalue weighted by Gasteiger charge is -2.30. The minimum atomic E-state index is -0.791. The third-order valence-corrected chi connectivity index (χ3v) is 5.50. The summed E-state index contributed by atoms with van der Waals surface area (Å²) in [6.45, 7) is 0.910. The number of carbonyl (C=O) groups excluding carboxylic acids is 2. The van der Waals surface area contributed by atoms with Crippen LogP contribution in [-0.4, -0.2) is 40.9 Å². The Kier molecular flexibility index (Phi) is 6.24. The van der Waals surface area contributed by atoms with Crippen LogP contribution in [0.2, 0.25) is 0 Å². The predicted octanol–water partition coefficient (Wildman–Crippen LogP) is 3.26. The number of hydrogen-bond acceptors (Lipinski definition) is 4. The van der Waals surface area contributed by atoms with Gasteiger partial charge in [0.15, 0.2) is 0 Å². The monoisotopic (exact) mass is 386 g/mol. The van der Waals surface area contributed by atoms with Gasteiger partial charge in [0.2, 0.25) is 5.91 Å². The number of benzene rings is 1. The summed E-state index contributed by atoms with van der Waals surface area (Å²) < 4.78 is 0. The maximum atomic E-state index is 12.5. The molecule has 0 spiro atoms. The molecule has 1 aromatic heterocycles. The Bertz CT molecular complexity index is 794. The maximum absolute atomic E-state index is 12.5. The number of nitrogens with zero attached hydrogens (tertiary/aromatic N) is 1. The normalized spacial score (nSPS) is 14.7. The van der Waals surface area contributed by atoms with E-state index in [1.807, 2.05) is 16.8 Å². The topological polar surface area (TPSA) is 86.7 Å². The van der Waals surface area contributed by atoms with E-state index in [0.717, 1.165) is 5.56 Å². The van der Waals surface area contributed by atoms with Gasteiger partial charge >= 0.3 is 5.97 Å². The van der Waals surface area contributed by atoms with Crippen molar-refractivity contribution in [3.63, 3.8) is 0 Å². The molecule has 1 fully saturated rings. The molecule has 2 N–H and O–H groups in total. The van der Waals surface area contributed by atoms with Crippen LogP contribution in [-0.2, 0) is 16.0 Å². The lowest BCUT2D eigenvalue weighted by Crippen LogP contribution is -2.40. The second kappa shape index (κ2) is 8.81. The zero-order valence-electron chi connectivity index (χ0n) is 14.9. The summed E-state index contributed by atoms with van der Waals surface area (Å²) in [5.74, 6) is -1.31. The first-order valence-corrected chi connectivity index (χ1v) is 9.90.